The molecule has 0 saturated heterocycles. The van der Waals surface area contributed by atoms with Crippen LogP contribution in [0.25, 0.3) is 10.9 Å². The number of phenols is 1. The number of sulfone groups is 1. The molecule has 184 valence electrons. The Morgan fingerprint density at radius 3 is 2.57 bits per heavy atom. The van der Waals surface area contributed by atoms with E-state index < -0.39 is 27.4 Å². The van der Waals surface area contributed by atoms with Gasteiger partial charge in [-0.2, -0.15) is 5.10 Å². The molecular formula is C23H22BrFN4O5S. The number of carbonyl (C=O) groups excluding carboxylic acids is 1. The van der Waals surface area contributed by atoms with Gasteiger partial charge in [-0.1, -0.05) is 12.1 Å². The van der Waals surface area contributed by atoms with E-state index in [9.17, 15) is 22.7 Å². The number of esters is 1. The summed E-state index contributed by atoms with van der Waals surface area (Å²) in [5, 5.41) is 15.3. The Hall–Kier alpha value is -3.25. The van der Waals surface area contributed by atoms with Crippen molar-refractivity contribution in [1.29, 1.82) is 0 Å². The van der Waals surface area contributed by atoms with Gasteiger partial charge in [-0.15, -0.1) is 0 Å². The molecule has 9 nitrogen and oxygen atoms in total. The quantitative estimate of drug-likeness (QED) is 0.324. The van der Waals surface area contributed by atoms with E-state index in [4.69, 9.17) is 4.74 Å². The smallest absolute Gasteiger partial charge is 0.340 e. The largest absolute Gasteiger partial charge is 0.506 e. The van der Waals surface area contributed by atoms with Crippen LogP contribution in [0.15, 0.2) is 47.5 Å². The summed E-state index contributed by atoms with van der Waals surface area (Å²) in [4.78, 5) is 17.0. The standard InChI is InChI=1S/C23H22BrFN4O5S/c1-3-34-23(31)21-19(11-35(32,33)10-14-4-6-15(25)7-5-14)28(2)18-8-17(24)22(30)16(20(18)21)9-29-13-26-12-27-29/h4-8,12-13,30H,3,9-11H2,1-2H3. The molecule has 4 aromatic rings. The molecule has 1 N–H and O–H groups in total. The molecule has 2 aromatic carbocycles. The Bertz CT molecular complexity index is 1500. The first-order valence-electron chi connectivity index (χ1n) is 10.6. The number of carbonyl (C=O) groups is 1. The molecule has 0 fully saturated rings. The van der Waals surface area contributed by atoms with Crippen molar-refractivity contribution in [3.05, 3.63) is 75.7 Å². The number of phenolic OH excluding ortho intramolecular Hbond substituents is 1. The van der Waals surface area contributed by atoms with E-state index in [0.717, 1.165) is 0 Å². The number of hydrogen-bond acceptors (Lipinski definition) is 7. The highest BCUT2D eigenvalue weighted by atomic mass is 79.9. The Morgan fingerprint density at radius 2 is 1.94 bits per heavy atom. The monoisotopic (exact) mass is 564 g/mol. The Morgan fingerprint density at radius 1 is 1.23 bits per heavy atom. The van der Waals surface area contributed by atoms with Crippen molar-refractivity contribution in [2.24, 2.45) is 7.05 Å². The van der Waals surface area contributed by atoms with Crippen LogP contribution < -0.4 is 0 Å². The molecule has 12 heteroatoms. The maximum Gasteiger partial charge on any atom is 0.340 e. The summed E-state index contributed by atoms with van der Waals surface area (Å²) in [5.74, 6) is -2.07. The Balaban J connectivity index is 1.89. The second kappa shape index (κ2) is 9.78. The van der Waals surface area contributed by atoms with E-state index in [2.05, 4.69) is 26.0 Å². The van der Waals surface area contributed by atoms with Gasteiger partial charge >= 0.3 is 5.97 Å². The maximum absolute atomic E-state index is 13.3. The molecule has 0 radical (unpaired) electrons. The summed E-state index contributed by atoms with van der Waals surface area (Å²) < 4.78 is 48.3. The normalized spacial score (nSPS) is 11.8. The number of ether oxygens (including phenoxy) is 1. The number of nitrogens with zero attached hydrogens (tertiary/aromatic N) is 4. The Labute approximate surface area is 209 Å². The minimum atomic E-state index is -3.78. The van der Waals surface area contributed by atoms with E-state index in [-0.39, 0.29) is 35.9 Å². The second-order valence-electron chi connectivity index (χ2n) is 7.93. The minimum Gasteiger partial charge on any atom is -0.506 e. The molecule has 2 aromatic heterocycles. The predicted molar refractivity (Wildman–Crippen MR) is 130 cm³/mol. The number of hydrogen-bond donors (Lipinski definition) is 1. The minimum absolute atomic E-state index is 0.0601. The molecule has 0 spiro atoms. The van der Waals surface area contributed by atoms with E-state index in [1.807, 2.05) is 0 Å². The molecule has 2 heterocycles. The van der Waals surface area contributed by atoms with Gasteiger partial charge in [0.05, 0.1) is 40.2 Å². The number of aromatic nitrogens is 4. The van der Waals surface area contributed by atoms with Gasteiger partial charge < -0.3 is 14.4 Å². The molecule has 0 aliphatic carbocycles. The summed E-state index contributed by atoms with van der Waals surface area (Å²) in [6.45, 7) is 1.82. The van der Waals surface area contributed by atoms with E-state index in [1.165, 1.54) is 41.6 Å². The van der Waals surface area contributed by atoms with Crippen LogP contribution in [-0.2, 0) is 39.7 Å². The molecule has 0 amide bonds. The molecule has 0 aliphatic rings. The number of rotatable bonds is 8. The first-order chi connectivity index (χ1) is 16.6. The summed E-state index contributed by atoms with van der Waals surface area (Å²) in [6.07, 6.45) is 2.81. The highest BCUT2D eigenvalue weighted by Crippen LogP contribution is 2.40. The molecule has 0 saturated carbocycles. The van der Waals surface area contributed by atoms with Crippen molar-refractivity contribution in [2.75, 3.05) is 6.61 Å². The van der Waals surface area contributed by atoms with E-state index in [1.54, 1.807) is 24.6 Å². The van der Waals surface area contributed by atoms with E-state index in [0.29, 0.717) is 26.5 Å². The predicted octanol–water partition coefficient (Wildman–Crippen LogP) is 3.72. The molecular weight excluding hydrogens is 543 g/mol. The molecule has 0 bridgehead atoms. The fourth-order valence-electron chi connectivity index (χ4n) is 3.99. The third-order valence-electron chi connectivity index (χ3n) is 5.56. The summed E-state index contributed by atoms with van der Waals surface area (Å²) in [7, 11) is -2.13. The van der Waals surface area contributed by atoms with Crippen molar-refractivity contribution in [1.82, 2.24) is 19.3 Å². The average molecular weight is 565 g/mol. The zero-order chi connectivity index (χ0) is 25.3. The first kappa shape index (κ1) is 24.9. The van der Waals surface area contributed by atoms with Crippen molar-refractivity contribution in [2.45, 2.75) is 25.0 Å². The lowest BCUT2D eigenvalue weighted by Crippen LogP contribution is -2.15. The van der Waals surface area contributed by atoms with Crippen molar-refractivity contribution in [3.8, 4) is 5.75 Å². The lowest BCUT2D eigenvalue weighted by atomic mass is 10.0. The fraction of sp³-hybridized carbons (Fsp3) is 0.261. The number of aryl methyl sites for hydroxylation is 1. The van der Waals surface area contributed by atoms with Crippen LogP contribution in [0, 0.1) is 5.82 Å². The van der Waals surface area contributed by atoms with Crippen molar-refractivity contribution >= 4 is 42.6 Å². The van der Waals surface area contributed by atoms with Crippen LogP contribution in [0.5, 0.6) is 5.75 Å². The maximum atomic E-state index is 13.3. The van der Waals surface area contributed by atoms with Gasteiger partial charge in [-0.25, -0.2) is 27.3 Å². The van der Waals surface area contributed by atoms with Crippen LogP contribution in [0.2, 0.25) is 0 Å². The zero-order valence-electron chi connectivity index (χ0n) is 18.9. The van der Waals surface area contributed by atoms with Crippen molar-refractivity contribution < 1.29 is 27.4 Å². The number of fused-ring (bicyclic) bond motifs is 1. The van der Waals surface area contributed by atoms with Crippen LogP contribution in [0.4, 0.5) is 4.39 Å². The second-order valence-corrected chi connectivity index (χ2v) is 10.9. The van der Waals surface area contributed by atoms with Crippen LogP contribution in [0.1, 0.15) is 34.1 Å². The fourth-order valence-corrected chi connectivity index (χ4v) is 6.01. The van der Waals surface area contributed by atoms with Gasteiger partial charge in [0.2, 0.25) is 0 Å². The van der Waals surface area contributed by atoms with Gasteiger partial charge in [0.25, 0.3) is 0 Å². The summed E-state index contributed by atoms with van der Waals surface area (Å²) in [5.41, 5.74) is 1.60. The highest BCUT2D eigenvalue weighted by Gasteiger charge is 2.30. The topological polar surface area (TPSA) is 116 Å². The van der Waals surface area contributed by atoms with Crippen LogP contribution >= 0.6 is 15.9 Å². The van der Waals surface area contributed by atoms with Crippen LogP contribution in [-0.4, -0.2) is 45.4 Å². The third kappa shape index (κ3) is 5.08. The van der Waals surface area contributed by atoms with Gasteiger partial charge in [-0.05, 0) is 46.6 Å². The zero-order valence-corrected chi connectivity index (χ0v) is 21.3. The van der Waals surface area contributed by atoms with Gasteiger partial charge in [0.15, 0.2) is 9.84 Å². The third-order valence-corrected chi connectivity index (χ3v) is 7.65. The average Bonchev–Trinajstić information content (AvgIpc) is 3.40. The van der Waals surface area contributed by atoms with Gasteiger partial charge in [0, 0.05) is 23.7 Å². The van der Waals surface area contributed by atoms with E-state index >= 15 is 0 Å². The SMILES string of the molecule is CCOC(=O)c1c(CS(=O)(=O)Cc2ccc(F)cc2)n(C)c2cc(Br)c(O)c(Cn3cncn3)c12. The summed E-state index contributed by atoms with van der Waals surface area (Å²) >= 11 is 3.34. The van der Waals surface area contributed by atoms with Gasteiger partial charge in [0.1, 0.15) is 24.2 Å². The highest BCUT2D eigenvalue weighted by molar-refractivity contribution is 9.10. The lowest BCUT2D eigenvalue weighted by molar-refractivity contribution is 0.0527. The molecule has 0 atom stereocenters. The first-order valence-corrected chi connectivity index (χ1v) is 13.2. The van der Waals surface area contributed by atoms with Gasteiger partial charge in [-0.3, -0.25) is 0 Å². The van der Waals surface area contributed by atoms with Crippen molar-refractivity contribution in [3.63, 3.8) is 0 Å². The number of aromatic hydroxyl groups is 1. The lowest BCUT2D eigenvalue weighted by Gasteiger charge is -2.11. The molecule has 35 heavy (non-hydrogen) atoms. The number of benzene rings is 2. The summed E-state index contributed by atoms with van der Waals surface area (Å²) in [6, 6.07) is 6.83. The molecule has 0 unspecified atom stereocenters. The molecule has 0 aliphatic heterocycles. The number of halogens is 2. The molecule has 4 rings (SSSR count). The Kier molecular flexibility index (Phi) is 6.95. The van der Waals surface area contributed by atoms with Crippen LogP contribution in [0.3, 0.4) is 0 Å².